The van der Waals surface area contributed by atoms with Crippen LogP contribution in [0.3, 0.4) is 0 Å². The number of furan rings is 1. The molecule has 0 aliphatic carbocycles. The summed E-state index contributed by atoms with van der Waals surface area (Å²) >= 11 is 6.66. The smallest absolute Gasteiger partial charge is 0.335 e. The maximum Gasteiger partial charge on any atom is 0.335 e. The molecular formula is C24H17ClN2O6S. The van der Waals surface area contributed by atoms with E-state index in [0.29, 0.717) is 39.6 Å². The van der Waals surface area contributed by atoms with Gasteiger partial charge in [0.05, 0.1) is 10.5 Å². The van der Waals surface area contributed by atoms with Gasteiger partial charge in [0, 0.05) is 22.3 Å². The Bertz CT molecular complexity index is 1360. The molecule has 10 heteroatoms. The summed E-state index contributed by atoms with van der Waals surface area (Å²) in [7, 11) is 0. The molecule has 2 aromatic carbocycles. The first-order chi connectivity index (χ1) is 16.2. The summed E-state index contributed by atoms with van der Waals surface area (Å²) in [5.74, 6) is -1.49. The Hall–Kier alpha value is -3.82. The highest BCUT2D eigenvalue weighted by Gasteiger charge is 2.36. The number of rotatable bonds is 6. The maximum absolute atomic E-state index is 12.7. The number of hydrogen-bond acceptors (Lipinski definition) is 6. The minimum Gasteiger partial charge on any atom is -0.478 e. The van der Waals surface area contributed by atoms with Crippen LogP contribution in [0.2, 0.25) is 5.02 Å². The largest absolute Gasteiger partial charge is 0.478 e. The SMILES string of the molecule is Cc1ccc(Cl)cc1NC(=O)CN1C(=O)S/C(=C/c2ccc(-c3cccc(C(=O)O)c3)o2)C1=O. The molecule has 3 amide bonds. The quantitative estimate of drug-likeness (QED) is 0.446. The number of carboxylic acids is 1. The molecule has 0 unspecified atom stereocenters. The number of hydrogen-bond donors (Lipinski definition) is 2. The van der Waals surface area contributed by atoms with Crippen molar-refractivity contribution < 1.29 is 28.7 Å². The van der Waals surface area contributed by atoms with E-state index in [9.17, 15) is 19.2 Å². The van der Waals surface area contributed by atoms with Gasteiger partial charge in [0.25, 0.3) is 11.1 Å². The van der Waals surface area contributed by atoms with E-state index in [0.717, 1.165) is 10.5 Å². The molecule has 34 heavy (non-hydrogen) atoms. The van der Waals surface area contributed by atoms with Gasteiger partial charge in [-0.15, -0.1) is 0 Å². The monoisotopic (exact) mass is 496 g/mol. The van der Waals surface area contributed by atoms with Crippen molar-refractivity contribution in [3.8, 4) is 11.3 Å². The summed E-state index contributed by atoms with van der Waals surface area (Å²) in [6.07, 6.45) is 1.41. The second-order valence-corrected chi connectivity index (χ2v) is 8.79. The standard InChI is InChI=1S/C24H17ClN2O6S/c1-13-5-6-16(25)10-18(13)26-21(28)12-27-22(29)20(34-24(27)32)11-17-7-8-19(33-17)14-3-2-4-15(9-14)23(30)31/h2-11H,12H2,1H3,(H,26,28)(H,30,31)/b20-11+. The molecule has 0 saturated carbocycles. The Labute approximate surface area is 203 Å². The Morgan fingerprint density at radius 1 is 1.15 bits per heavy atom. The van der Waals surface area contributed by atoms with Gasteiger partial charge in [-0.2, -0.15) is 0 Å². The highest BCUT2D eigenvalue weighted by Crippen LogP contribution is 2.33. The van der Waals surface area contributed by atoms with Crippen LogP contribution in [0.5, 0.6) is 0 Å². The van der Waals surface area contributed by atoms with Gasteiger partial charge in [-0.05, 0) is 60.6 Å². The molecule has 4 rings (SSSR count). The van der Waals surface area contributed by atoms with E-state index in [2.05, 4.69) is 5.32 Å². The number of benzene rings is 2. The van der Waals surface area contributed by atoms with Crippen molar-refractivity contribution in [1.82, 2.24) is 4.90 Å². The second-order valence-electron chi connectivity index (χ2n) is 7.36. The van der Waals surface area contributed by atoms with Gasteiger partial charge in [-0.1, -0.05) is 29.8 Å². The molecule has 1 aliphatic heterocycles. The number of carboxylic acid groups (broad SMARTS) is 1. The molecule has 1 fully saturated rings. The van der Waals surface area contributed by atoms with Crippen molar-refractivity contribution in [2.75, 3.05) is 11.9 Å². The number of amides is 3. The number of aryl methyl sites for hydroxylation is 1. The van der Waals surface area contributed by atoms with Crippen LogP contribution >= 0.6 is 23.4 Å². The summed E-state index contributed by atoms with van der Waals surface area (Å²) < 4.78 is 5.71. The van der Waals surface area contributed by atoms with Crippen LogP contribution < -0.4 is 5.32 Å². The van der Waals surface area contributed by atoms with Gasteiger partial charge >= 0.3 is 5.97 Å². The van der Waals surface area contributed by atoms with E-state index < -0.39 is 29.6 Å². The molecule has 1 saturated heterocycles. The highest BCUT2D eigenvalue weighted by atomic mass is 35.5. The Kier molecular flexibility index (Phi) is 6.58. The predicted molar refractivity (Wildman–Crippen MR) is 129 cm³/mol. The minimum atomic E-state index is -1.06. The van der Waals surface area contributed by atoms with Crippen molar-refractivity contribution in [2.24, 2.45) is 0 Å². The average molecular weight is 497 g/mol. The van der Waals surface area contributed by atoms with Crippen molar-refractivity contribution in [2.45, 2.75) is 6.92 Å². The lowest BCUT2D eigenvalue weighted by Gasteiger charge is -2.13. The van der Waals surface area contributed by atoms with Crippen LogP contribution in [0.15, 0.2) is 63.9 Å². The van der Waals surface area contributed by atoms with Crippen LogP contribution in [0, 0.1) is 6.92 Å². The predicted octanol–water partition coefficient (Wildman–Crippen LogP) is 5.28. The zero-order valence-corrected chi connectivity index (χ0v) is 19.3. The number of carbonyl (C=O) groups excluding carboxylic acids is 3. The summed E-state index contributed by atoms with van der Waals surface area (Å²) in [6.45, 7) is 1.35. The summed E-state index contributed by atoms with van der Waals surface area (Å²) in [5.41, 5.74) is 1.95. The average Bonchev–Trinajstić information content (AvgIpc) is 3.37. The third-order valence-corrected chi connectivity index (χ3v) is 6.09. The van der Waals surface area contributed by atoms with Crippen LogP contribution in [-0.4, -0.2) is 39.6 Å². The summed E-state index contributed by atoms with van der Waals surface area (Å²) in [6, 6.07) is 14.5. The van der Waals surface area contributed by atoms with E-state index in [1.165, 1.54) is 18.2 Å². The van der Waals surface area contributed by atoms with Crippen LogP contribution in [0.1, 0.15) is 21.7 Å². The molecule has 0 bridgehead atoms. The lowest BCUT2D eigenvalue weighted by molar-refractivity contribution is -0.127. The number of thioether (sulfide) groups is 1. The van der Waals surface area contributed by atoms with Gasteiger partial charge in [0.1, 0.15) is 18.1 Å². The van der Waals surface area contributed by atoms with Crippen molar-refractivity contribution >= 4 is 58.1 Å². The fraction of sp³-hybridized carbons (Fsp3) is 0.0833. The Balaban J connectivity index is 1.47. The van der Waals surface area contributed by atoms with E-state index >= 15 is 0 Å². The van der Waals surface area contributed by atoms with Crippen LogP contribution in [0.25, 0.3) is 17.4 Å². The van der Waals surface area contributed by atoms with E-state index in [-0.39, 0.29) is 10.5 Å². The van der Waals surface area contributed by atoms with E-state index in [4.69, 9.17) is 21.1 Å². The number of imide groups is 1. The fourth-order valence-electron chi connectivity index (χ4n) is 3.22. The zero-order chi connectivity index (χ0) is 24.4. The second kappa shape index (κ2) is 9.58. The Morgan fingerprint density at radius 3 is 2.71 bits per heavy atom. The fourth-order valence-corrected chi connectivity index (χ4v) is 4.21. The Morgan fingerprint density at radius 2 is 1.94 bits per heavy atom. The molecular weight excluding hydrogens is 480 g/mol. The van der Waals surface area contributed by atoms with Crippen LogP contribution in [0.4, 0.5) is 10.5 Å². The molecule has 3 aromatic rings. The number of nitrogens with zero attached hydrogens (tertiary/aromatic N) is 1. The molecule has 0 atom stereocenters. The molecule has 1 aliphatic rings. The number of halogens is 1. The van der Waals surface area contributed by atoms with Gasteiger partial charge in [-0.3, -0.25) is 19.3 Å². The summed E-state index contributed by atoms with van der Waals surface area (Å²) in [5, 5.41) is 11.7. The maximum atomic E-state index is 12.7. The number of anilines is 1. The number of carbonyl (C=O) groups is 4. The van der Waals surface area contributed by atoms with Gasteiger partial charge < -0.3 is 14.8 Å². The van der Waals surface area contributed by atoms with Crippen molar-refractivity contribution in [3.63, 3.8) is 0 Å². The molecule has 2 N–H and O–H groups in total. The topological polar surface area (TPSA) is 117 Å². The molecule has 8 nitrogen and oxygen atoms in total. The van der Waals surface area contributed by atoms with E-state index in [1.54, 1.807) is 49.4 Å². The van der Waals surface area contributed by atoms with Gasteiger partial charge in [0.15, 0.2) is 0 Å². The number of aromatic carboxylic acids is 1. The third kappa shape index (κ3) is 5.05. The van der Waals surface area contributed by atoms with Crippen molar-refractivity contribution in [3.05, 3.63) is 81.4 Å². The van der Waals surface area contributed by atoms with E-state index in [1.807, 2.05) is 0 Å². The van der Waals surface area contributed by atoms with Crippen LogP contribution in [-0.2, 0) is 9.59 Å². The summed E-state index contributed by atoms with van der Waals surface area (Å²) in [4.78, 5) is 49.7. The molecule has 1 aromatic heterocycles. The van der Waals surface area contributed by atoms with Crippen molar-refractivity contribution in [1.29, 1.82) is 0 Å². The first kappa shape index (κ1) is 23.3. The normalized spacial score (nSPS) is 14.6. The van der Waals surface area contributed by atoms with Gasteiger partial charge in [0.2, 0.25) is 5.91 Å². The first-order valence-electron chi connectivity index (χ1n) is 9.96. The third-order valence-electron chi connectivity index (χ3n) is 4.94. The highest BCUT2D eigenvalue weighted by molar-refractivity contribution is 8.18. The molecule has 2 heterocycles. The molecule has 0 spiro atoms. The number of nitrogens with one attached hydrogen (secondary N) is 1. The first-order valence-corrected chi connectivity index (χ1v) is 11.2. The van der Waals surface area contributed by atoms with Gasteiger partial charge in [-0.25, -0.2) is 4.79 Å². The lowest BCUT2D eigenvalue weighted by atomic mass is 10.1. The zero-order valence-electron chi connectivity index (χ0n) is 17.7. The molecule has 0 radical (unpaired) electrons. The lowest BCUT2D eigenvalue weighted by Crippen LogP contribution is -2.36. The minimum absolute atomic E-state index is 0.108. The molecule has 172 valence electrons.